The third-order valence-electron chi connectivity index (χ3n) is 5.02. The molecule has 140 valence electrons. The summed E-state index contributed by atoms with van der Waals surface area (Å²) in [5, 5.41) is 1.90. The van der Waals surface area contributed by atoms with Crippen LogP contribution in [-0.4, -0.2) is 40.5 Å². The van der Waals surface area contributed by atoms with E-state index in [9.17, 15) is 0 Å². The van der Waals surface area contributed by atoms with Crippen LogP contribution in [0.4, 0.5) is 0 Å². The monoisotopic (exact) mass is 367 g/mol. The van der Waals surface area contributed by atoms with Crippen molar-refractivity contribution in [3.8, 4) is 40.0 Å². The number of ether oxygens (including phenoxy) is 5. The molecule has 4 rings (SSSR count). The van der Waals surface area contributed by atoms with Crippen LogP contribution in [0.25, 0.3) is 22.0 Å². The molecule has 0 saturated heterocycles. The van der Waals surface area contributed by atoms with E-state index in [0.717, 1.165) is 39.6 Å². The van der Waals surface area contributed by atoms with Crippen molar-refractivity contribution in [2.24, 2.45) is 0 Å². The molecule has 0 spiro atoms. The average Bonchev–Trinajstić information content (AvgIpc) is 3.09. The first-order chi connectivity index (χ1) is 13.2. The zero-order chi connectivity index (χ0) is 19.1. The molecule has 0 N–H and O–H groups in total. The zero-order valence-corrected chi connectivity index (χ0v) is 16.0. The minimum Gasteiger partial charge on any atom is -0.493 e. The fraction of sp³-hybridized carbons (Fsp3) is 0.286. The minimum atomic E-state index is 0.571. The third kappa shape index (κ3) is 2.36. The third-order valence-corrected chi connectivity index (χ3v) is 5.02. The Balaban J connectivity index is 2.07. The van der Waals surface area contributed by atoms with Crippen molar-refractivity contribution >= 4 is 10.8 Å². The molecule has 0 amide bonds. The number of fused-ring (bicyclic) bond motifs is 5. The Hall–Kier alpha value is -3.15. The number of hydrogen-bond donors (Lipinski definition) is 0. The normalized spacial score (nSPS) is 11.7. The Morgan fingerprint density at radius 1 is 0.778 bits per heavy atom. The van der Waals surface area contributed by atoms with Crippen LogP contribution in [0.1, 0.15) is 11.1 Å². The van der Waals surface area contributed by atoms with E-state index in [2.05, 4.69) is 6.07 Å². The Morgan fingerprint density at radius 3 is 2.11 bits per heavy atom. The van der Waals surface area contributed by atoms with Gasteiger partial charge < -0.3 is 23.7 Å². The maximum atomic E-state index is 5.73. The Labute approximate surface area is 157 Å². The van der Waals surface area contributed by atoms with Gasteiger partial charge in [0.05, 0.1) is 41.2 Å². The lowest BCUT2D eigenvalue weighted by atomic mass is 10.0. The van der Waals surface area contributed by atoms with Crippen LogP contribution in [-0.2, 0) is 6.42 Å². The average molecular weight is 367 g/mol. The smallest absolute Gasteiger partial charge is 0.203 e. The molecule has 0 atom stereocenters. The topological polar surface area (TPSA) is 59.0 Å². The predicted octanol–water partition coefficient (Wildman–Crippen LogP) is 3.85. The lowest BCUT2D eigenvalue weighted by Gasteiger charge is -2.17. The number of hydrogen-bond acceptors (Lipinski definition) is 6. The fourth-order valence-corrected chi connectivity index (χ4v) is 3.87. The summed E-state index contributed by atoms with van der Waals surface area (Å²) in [6.07, 6.45) is 2.55. The van der Waals surface area contributed by atoms with Gasteiger partial charge in [0.25, 0.3) is 0 Å². The van der Waals surface area contributed by atoms with Crippen molar-refractivity contribution in [3.05, 3.63) is 35.5 Å². The van der Waals surface area contributed by atoms with Crippen LogP contribution in [0.15, 0.2) is 24.4 Å². The Bertz CT molecular complexity index is 1040. The quantitative estimate of drug-likeness (QED) is 0.534. The summed E-state index contributed by atoms with van der Waals surface area (Å²) in [6, 6.07) is 5.90. The maximum absolute atomic E-state index is 5.73. The van der Waals surface area contributed by atoms with Crippen molar-refractivity contribution in [3.63, 3.8) is 0 Å². The molecule has 6 heteroatoms. The van der Waals surface area contributed by atoms with Gasteiger partial charge in [-0.2, -0.15) is 0 Å². The molecule has 27 heavy (non-hydrogen) atoms. The molecular weight excluding hydrogens is 346 g/mol. The second-order valence-electron chi connectivity index (χ2n) is 6.21. The largest absolute Gasteiger partial charge is 0.493 e. The fourth-order valence-electron chi connectivity index (χ4n) is 3.87. The van der Waals surface area contributed by atoms with E-state index in [1.54, 1.807) is 35.5 Å². The highest BCUT2D eigenvalue weighted by atomic mass is 16.5. The van der Waals surface area contributed by atoms with Gasteiger partial charge in [-0.1, -0.05) is 6.07 Å². The number of pyridine rings is 1. The van der Waals surface area contributed by atoms with Gasteiger partial charge in [-0.15, -0.1) is 0 Å². The molecule has 1 heterocycles. The molecule has 0 bridgehead atoms. The zero-order valence-electron chi connectivity index (χ0n) is 16.0. The number of aromatic nitrogens is 1. The highest BCUT2D eigenvalue weighted by Crippen LogP contribution is 2.51. The summed E-state index contributed by atoms with van der Waals surface area (Å²) in [7, 11) is 8.13. The molecule has 0 aliphatic heterocycles. The van der Waals surface area contributed by atoms with Gasteiger partial charge in [0.15, 0.2) is 23.0 Å². The van der Waals surface area contributed by atoms with E-state index in [-0.39, 0.29) is 0 Å². The van der Waals surface area contributed by atoms with Crippen LogP contribution in [0, 0.1) is 0 Å². The van der Waals surface area contributed by atoms with E-state index >= 15 is 0 Å². The van der Waals surface area contributed by atoms with Gasteiger partial charge in [-0.3, -0.25) is 4.98 Å². The van der Waals surface area contributed by atoms with Crippen LogP contribution >= 0.6 is 0 Å². The van der Waals surface area contributed by atoms with Crippen LogP contribution in [0.2, 0.25) is 0 Å². The van der Waals surface area contributed by atoms with Crippen molar-refractivity contribution in [2.45, 2.75) is 6.42 Å². The lowest BCUT2D eigenvalue weighted by molar-refractivity contribution is 0.327. The van der Waals surface area contributed by atoms with Crippen molar-refractivity contribution in [1.82, 2.24) is 4.98 Å². The van der Waals surface area contributed by atoms with E-state index in [4.69, 9.17) is 28.7 Å². The summed E-state index contributed by atoms with van der Waals surface area (Å²) in [5.74, 6) is 3.20. The van der Waals surface area contributed by atoms with Gasteiger partial charge in [0.1, 0.15) is 0 Å². The van der Waals surface area contributed by atoms with E-state index in [1.807, 2.05) is 18.3 Å². The predicted molar refractivity (Wildman–Crippen MR) is 103 cm³/mol. The van der Waals surface area contributed by atoms with E-state index in [1.165, 1.54) is 0 Å². The highest BCUT2D eigenvalue weighted by Gasteiger charge is 2.30. The Morgan fingerprint density at radius 2 is 1.48 bits per heavy atom. The number of rotatable bonds is 5. The number of nitrogens with zero attached hydrogens (tertiary/aromatic N) is 1. The summed E-state index contributed by atoms with van der Waals surface area (Å²) in [4.78, 5) is 4.73. The molecule has 3 aromatic rings. The molecule has 0 radical (unpaired) electrons. The van der Waals surface area contributed by atoms with Crippen LogP contribution in [0.5, 0.6) is 28.7 Å². The van der Waals surface area contributed by atoms with Gasteiger partial charge in [-0.25, -0.2) is 0 Å². The molecule has 1 aromatic heterocycles. The van der Waals surface area contributed by atoms with E-state index in [0.29, 0.717) is 28.7 Å². The van der Waals surface area contributed by atoms with E-state index < -0.39 is 0 Å². The first-order valence-electron chi connectivity index (χ1n) is 8.53. The summed E-state index contributed by atoms with van der Waals surface area (Å²) in [6.45, 7) is 0. The molecule has 1 aliphatic rings. The molecule has 1 aliphatic carbocycles. The minimum absolute atomic E-state index is 0.571. The molecule has 0 saturated carbocycles. The Kier molecular flexibility index (Phi) is 4.18. The standard InChI is InChI=1S/C21H21NO5/c1-23-14-7-6-11-8-13-16-12(10-22-18(13)17(11)19(14)25-3)9-15(24-2)20(26-4)21(16)27-5/h6-7,9-10H,8H2,1-5H3. The molecule has 2 aromatic carbocycles. The number of benzene rings is 2. The van der Waals surface area contributed by atoms with Crippen molar-refractivity contribution in [1.29, 1.82) is 0 Å². The van der Waals surface area contributed by atoms with Gasteiger partial charge in [0.2, 0.25) is 5.75 Å². The summed E-state index contributed by atoms with van der Waals surface area (Å²) >= 11 is 0. The summed E-state index contributed by atoms with van der Waals surface area (Å²) < 4.78 is 27.9. The van der Waals surface area contributed by atoms with Gasteiger partial charge >= 0.3 is 0 Å². The molecular formula is C21H21NO5. The van der Waals surface area contributed by atoms with Gasteiger partial charge in [0, 0.05) is 29.0 Å². The highest BCUT2D eigenvalue weighted by molar-refractivity contribution is 6.01. The van der Waals surface area contributed by atoms with Gasteiger partial charge in [-0.05, 0) is 23.3 Å². The molecule has 0 fully saturated rings. The van der Waals surface area contributed by atoms with Crippen LogP contribution < -0.4 is 23.7 Å². The maximum Gasteiger partial charge on any atom is 0.203 e. The SMILES string of the molecule is COc1ccc2c(c1OC)-c1ncc3cc(OC)c(OC)c(OC)c3c1C2. The van der Waals surface area contributed by atoms with Crippen LogP contribution in [0.3, 0.4) is 0 Å². The van der Waals surface area contributed by atoms with Crippen molar-refractivity contribution in [2.75, 3.05) is 35.5 Å². The molecule has 0 unspecified atom stereocenters. The second kappa shape index (κ2) is 6.54. The lowest BCUT2D eigenvalue weighted by Crippen LogP contribution is -1.99. The first-order valence-corrected chi connectivity index (χ1v) is 8.53. The molecule has 6 nitrogen and oxygen atoms in total. The number of methoxy groups -OCH3 is 5. The first kappa shape index (κ1) is 17.3. The second-order valence-corrected chi connectivity index (χ2v) is 6.21. The summed E-state index contributed by atoms with van der Waals surface area (Å²) in [5.41, 5.74) is 4.05. The van der Waals surface area contributed by atoms with Crippen molar-refractivity contribution < 1.29 is 23.7 Å².